The quantitative estimate of drug-likeness (QED) is 0.502. The largest absolute Gasteiger partial charge is 0.336 e. The van der Waals surface area contributed by atoms with Gasteiger partial charge in [0.15, 0.2) is 9.84 Å². The predicted molar refractivity (Wildman–Crippen MR) is 123 cm³/mol. The molecule has 0 aliphatic rings. The molecule has 2 heterocycles. The van der Waals surface area contributed by atoms with E-state index in [0.29, 0.717) is 21.7 Å². The molecule has 0 aliphatic heterocycles. The van der Waals surface area contributed by atoms with Crippen molar-refractivity contribution in [1.82, 2.24) is 5.16 Å². The Morgan fingerprint density at radius 3 is 2.28 bits per heavy atom. The van der Waals surface area contributed by atoms with Gasteiger partial charge in [0.05, 0.1) is 10.6 Å². The first-order chi connectivity index (χ1) is 14.7. The number of nitrogens with zero attached hydrogens (tertiary/aromatic N) is 1. The third kappa shape index (κ3) is 4.82. The van der Waals surface area contributed by atoms with Crippen molar-refractivity contribution in [2.45, 2.75) is 37.5 Å². The molecule has 0 aliphatic carbocycles. The molecule has 0 unspecified atom stereocenters. The first-order valence-electron chi connectivity index (χ1n) is 9.08. The number of nitrogens with one attached hydrogen (secondary N) is 2. The SMILES string of the molecule is Cc1cc(C)c(NC(=O)c2sc(C)cc2S(=O)(=O)Nc2onc(C)c2Cl)c(S(C)(=O)=O)c1. The van der Waals surface area contributed by atoms with Crippen molar-refractivity contribution in [2.75, 3.05) is 16.3 Å². The summed E-state index contributed by atoms with van der Waals surface area (Å²) in [5, 5.41) is 6.17. The summed E-state index contributed by atoms with van der Waals surface area (Å²) >= 11 is 6.94. The summed E-state index contributed by atoms with van der Waals surface area (Å²) in [7, 11) is -7.92. The molecule has 0 saturated carbocycles. The summed E-state index contributed by atoms with van der Waals surface area (Å²) in [4.78, 5) is 13.2. The van der Waals surface area contributed by atoms with E-state index in [4.69, 9.17) is 16.1 Å². The molecule has 1 amide bonds. The van der Waals surface area contributed by atoms with Gasteiger partial charge in [-0.1, -0.05) is 22.8 Å². The molecule has 13 heteroatoms. The van der Waals surface area contributed by atoms with E-state index in [1.807, 2.05) is 0 Å². The highest BCUT2D eigenvalue weighted by Crippen LogP contribution is 2.33. The minimum atomic E-state index is -4.26. The Kier molecular flexibility index (Phi) is 6.44. The lowest BCUT2D eigenvalue weighted by Crippen LogP contribution is -2.20. The molecule has 0 fully saturated rings. The molecule has 0 atom stereocenters. The lowest BCUT2D eigenvalue weighted by Gasteiger charge is -2.14. The Labute approximate surface area is 194 Å². The third-order valence-corrected chi connectivity index (χ3v) is 8.52. The minimum absolute atomic E-state index is 0.000368. The predicted octanol–water partition coefficient (Wildman–Crippen LogP) is 4.08. The average Bonchev–Trinajstić information content (AvgIpc) is 3.20. The number of aryl methyl sites for hydroxylation is 4. The van der Waals surface area contributed by atoms with Gasteiger partial charge in [0.1, 0.15) is 20.5 Å². The van der Waals surface area contributed by atoms with Gasteiger partial charge in [-0.15, -0.1) is 11.3 Å². The van der Waals surface area contributed by atoms with Gasteiger partial charge in [-0.25, -0.2) is 21.6 Å². The summed E-state index contributed by atoms with van der Waals surface area (Å²) < 4.78 is 57.5. The van der Waals surface area contributed by atoms with Crippen molar-refractivity contribution < 1.29 is 26.2 Å². The van der Waals surface area contributed by atoms with Crippen LogP contribution in [0, 0.1) is 27.7 Å². The zero-order chi connectivity index (χ0) is 24.0. The van der Waals surface area contributed by atoms with Crippen LogP contribution >= 0.6 is 22.9 Å². The van der Waals surface area contributed by atoms with Crippen LogP contribution in [0.3, 0.4) is 0 Å². The number of hydrogen-bond acceptors (Lipinski definition) is 8. The highest BCUT2D eigenvalue weighted by molar-refractivity contribution is 7.93. The van der Waals surface area contributed by atoms with Gasteiger partial charge in [0.25, 0.3) is 21.8 Å². The number of carbonyl (C=O) groups is 1. The number of benzene rings is 1. The van der Waals surface area contributed by atoms with Crippen LogP contribution in [0.4, 0.5) is 11.6 Å². The maximum atomic E-state index is 13.1. The number of thiophene rings is 1. The van der Waals surface area contributed by atoms with Crippen molar-refractivity contribution in [3.8, 4) is 0 Å². The van der Waals surface area contributed by atoms with Crippen LogP contribution < -0.4 is 10.0 Å². The Hall–Kier alpha value is -2.41. The van der Waals surface area contributed by atoms with Crippen LogP contribution in [-0.2, 0) is 19.9 Å². The van der Waals surface area contributed by atoms with Gasteiger partial charge in [0, 0.05) is 11.1 Å². The molecule has 1 aromatic carbocycles. The molecule has 0 saturated heterocycles. The van der Waals surface area contributed by atoms with Crippen LogP contribution in [0.2, 0.25) is 5.02 Å². The van der Waals surface area contributed by atoms with Gasteiger partial charge in [-0.2, -0.15) is 0 Å². The number of halogens is 1. The Morgan fingerprint density at radius 2 is 1.72 bits per heavy atom. The summed E-state index contributed by atoms with van der Waals surface area (Å²) in [6.45, 7) is 6.58. The van der Waals surface area contributed by atoms with E-state index in [1.54, 1.807) is 33.8 Å². The van der Waals surface area contributed by atoms with E-state index < -0.39 is 25.8 Å². The first kappa shape index (κ1) is 24.2. The number of carbonyl (C=O) groups excluding carboxylic acids is 1. The zero-order valence-electron chi connectivity index (χ0n) is 17.7. The van der Waals surface area contributed by atoms with E-state index in [-0.39, 0.29) is 31.3 Å². The maximum Gasteiger partial charge on any atom is 0.267 e. The Bertz CT molecular complexity index is 1440. The summed E-state index contributed by atoms with van der Waals surface area (Å²) in [6, 6.07) is 4.50. The number of sulfone groups is 1. The van der Waals surface area contributed by atoms with E-state index in [9.17, 15) is 21.6 Å². The second-order valence-corrected chi connectivity index (χ2v) is 12.5. The highest BCUT2D eigenvalue weighted by Gasteiger charge is 2.29. The Morgan fingerprint density at radius 1 is 1.06 bits per heavy atom. The number of rotatable bonds is 6. The van der Waals surface area contributed by atoms with Crippen LogP contribution in [0.1, 0.15) is 31.4 Å². The van der Waals surface area contributed by atoms with E-state index >= 15 is 0 Å². The van der Waals surface area contributed by atoms with Crippen molar-refractivity contribution in [1.29, 1.82) is 0 Å². The fraction of sp³-hybridized carbons (Fsp3) is 0.263. The van der Waals surface area contributed by atoms with Crippen LogP contribution in [-0.4, -0.2) is 34.2 Å². The molecule has 9 nitrogen and oxygen atoms in total. The second-order valence-electron chi connectivity index (χ2n) is 7.25. The van der Waals surface area contributed by atoms with Gasteiger partial charge >= 0.3 is 0 Å². The first-order valence-corrected chi connectivity index (χ1v) is 13.7. The van der Waals surface area contributed by atoms with Crippen molar-refractivity contribution in [3.63, 3.8) is 0 Å². The van der Waals surface area contributed by atoms with E-state index in [1.165, 1.54) is 12.1 Å². The van der Waals surface area contributed by atoms with Gasteiger partial charge in [0.2, 0.25) is 0 Å². The number of hydrogen-bond donors (Lipinski definition) is 2. The summed E-state index contributed by atoms with van der Waals surface area (Å²) in [5.41, 5.74) is 1.63. The van der Waals surface area contributed by atoms with Crippen molar-refractivity contribution in [3.05, 3.63) is 49.8 Å². The molecular weight excluding hydrogens is 498 g/mol. The van der Waals surface area contributed by atoms with Gasteiger partial charge in [-0.05, 0) is 51.0 Å². The molecule has 32 heavy (non-hydrogen) atoms. The molecule has 0 radical (unpaired) electrons. The smallest absolute Gasteiger partial charge is 0.267 e. The topological polar surface area (TPSA) is 135 Å². The van der Waals surface area contributed by atoms with Gasteiger partial charge in [-0.3, -0.25) is 4.79 Å². The molecule has 2 aromatic heterocycles. The van der Waals surface area contributed by atoms with Gasteiger partial charge < -0.3 is 9.84 Å². The van der Waals surface area contributed by atoms with Crippen LogP contribution in [0.15, 0.2) is 32.5 Å². The number of amides is 1. The molecule has 172 valence electrons. The fourth-order valence-electron chi connectivity index (χ4n) is 3.00. The number of anilines is 2. The Balaban J connectivity index is 2.03. The number of sulfonamides is 1. The molecule has 3 rings (SSSR count). The third-order valence-electron chi connectivity index (χ3n) is 4.42. The molecule has 3 aromatic rings. The van der Waals surface area contributed by atoms with Crippen LogP contribution in [0.25, 0.3) is 0 Å². The molecule has 2 N–H and O–H groups in total. The average molecular weight is 518 g/mol. The molecule has 0 bridgehead atoms. The molecular formula is C19H20ClN3O6S3. The minimum Gasteiger partial charge on any atom is -0.336 e. The lowest BCUT2D eigenvalue weighted by molar-refractivity contribution is 0.102. The zero-order valence-corrected chi connectivity index (χ0v) is 20.9. The van der Waals surface area contributed by atoms with Crippen LogP contribution in [0.5, 0.6) is 0 Å². The van der Waals surface area contributed by atoms with E-state index in [2.05, 4.69) is 15.2 Å². The van der Waals surface area contributed by atoms with E-state index in [0.717, 1.165) is 17.6 Å². The summed E-state index contributed by atoms with van der Waals surface area (Å²) in [5.74, 6) is -1.03. The van der Waals surface area contributed by atoms with Crippen molar-refractivity contribution in [2.24, 2.45) is 0 Å². The standard InChI is InChI=1S/C19H20ClN3O6S3/c1-9-6-10(2)16(13(7-9)31(5,25)26)21-18(24)17-14(8-11(3)30-17)32(27,28)23-19-15(20)12(4)22-29-19/h6-8,23H,1-5H3,(H,21,24). The monoisotopic (exact) mass is 517 g/mol. The normalized spacial score (nSPS) is 12.1. The lowest BCUT2D eigenvalue weighted by atomic mass is 10.1. The highest BCUT2D eigenvalue weighted by atomic mass is 35.5. The molecule has 0 spiro atoms. The maximum absolute atomic E-state index is 13.1. The fourth-order valence-corrected chi connectivity index (χ4v) is 6.65. The van der Waals surface area contributed by atoms with Crippen molar-refractivity contribution >= 4 is 60.3 Å². The summed E-state index contributed by atoms with van der Waals surface area (Å²) in [6.07, 6.45) is 1.04. The number of aromatic nitrogens is 1. The second kappa shape index (κ2) is 8.50.